The molecule has 24 heavy (non-hydrogen) atoms. The van der Waals surface area contributed by atoms with Crippen molar-refractivity contribution >= 4 is 28.3 Å². The Bertz CT molecular complexity index is 668. The molecular formula is C16H22N6OS. The Morgan fingerprint density at radius 3 is 2.79 bits per heavy atom. The zero-order valence-corrected chi connectivity index (χ0v) is 14.8. The molecule has 1 saturated heterocycles. The number of rotatable bonds is 4. The number of aromatic nitrogens is 3. The zero-order chi connectivity index (χ0) is 16.9. The molecule has 128 valence electrons. The molecule has 2 amide bonds. The van der Waals surface area contributed by atoms with Crippen LogP contribution in [0.2, 0.25) is 0 Å². The number of piperazine rings is 1. The third kappa shape index (κ3) is 3.81. The summed E-state index contributed by atoms with van der Waals surface area (Å²) in [7, 11) is 0. The molecule has 2 aromatic heterocycles. The fourth-order valence-corrected chi connectivity index (χ4v) is 3.36. The molecule has 0 radical (unpaired) electrons. The fourth-order valence-electron chi connectivity index (χ4n) is 2.54. The van der Waals surface area contributed by atoms with E-state index in [2.05, 4.69) is 39.0 Å². The maximum atomic E-state index is 12.4. The van der Waals surface area contributed by atoms with Gasteiger partial charge in [-0.25, -0.2) is 14.8 Å². The van der Waals surface area contributed by atoms with Crippen LogP contribution in [0.15, 0.2) is 24.0 Å². The summed E-state index contributed by atoms with van der Waals surface area (Å²) in [6, 6.07) is -0.0844. The molecule has 7 nitrogen and oxygen atoms in total. The summed E-state index contributed by atoms with van der Waals surface area (Å²) in [6.07, 6.45) is 6.14. The second-order valence-corrected chi connectivity index (χ2v) is 6.71. The Kier molecular flexibility index (Phi) is 5.24. The van der Waals surface area contributed by atoms with Gasteiger partial charge in [-0.3, -0.25) is 10.3 Å². The van der Waals surface area contributed by atoms with E-state index in [9.17, 15) is 4.79 Å². The second-order valence-electron chi connectivity index (χ2n) is 5.85. The molecule has 2 aromatic rings. The molecule has 1 atom stereocenters. The van der Waals surface area contributed by atoms with Crippen LogP contribution in [-0.2, 0) is 0 Å². The second kappa shape index (κ2) is 7.57. The number of nitrogens with zero attached hydrogens (tertiary/aromatic N) is 5. The number of carbonyl (C=O) groups excluding carboxylic acids is 1. The van der Waals surface area contributed by atoms with Crippen molar-refractivity contribution in [1.82, 2.24) is 19.9 Å². The van der Waals surface area contributed by atoms with E-state index in [0.717, 1.165) is 31.0 Å². The number of urea groups is 1. The maximum absolute atomic E-state index is 12.4. The first-order valence-electron chi connectivity index (χ1n) is 8.19. The molecule has 8 heteroatoms. The van der Waals surface area contributed by atoms with Gasteiger partial charge in [0.2, 0.25) is 0 Å². The van der Waals surface area contributed by atoms with Gasteiger partial charge in [-0.1, -0.05) is 13.8 Å². The lowest BCUT2D eigenvalue weighted by Crippen LogP contribution is -2.50. The number of nitrogens with one attached hydrogen (secondary N) is 1. The van der Waals surface area contributed by atoms with E-state index in [-0.39, 0.29) is 6.03 Å². The van der Waals surface area contributed by atoms with E-state index in [1.165, 1.54) is 11.3 Å². The van der Waals surface area contributed by atoms with Crippen molar-refractivity contribution in [2.24, 2.45) is 0 Å². The van der Waals surface area contributed by atoms with Crippen molar-refractivity contribution in [2.45, 2.75) is 26.2 Å². The summed E-state index contributed by atoms with van der Waals surface area (Å²) in [4.78, 5) is 29.3. The van der Waals surface area contributed by atoms with Crippen LogP contribution >= 0.6 is 11.3 Å². The number of hydrogen-bond donors (Lipinski definition) is 1. The predicted molar refractivity (Wildman–Crippen MR) is 95.7 cm³/mol. The summed E-state index contributed by atoms with van der Waals surface area (Å²) in [6.45, 7) is 7.10. The van der Waals surface area contributed by atoms with Crippen molar-refractivity contribution in [2.75, 3.05) is 36.4 Å². The van der Waals surface area contributed by atoms with Crippen LogP contribution in [0.5, 0.6) is 0 Å². The number of hydrogen-bond acceptors (Lipinski definition) is 6. The summed E-state index contributed by atoms with van der Waals surface area (Å²) in [5.41, 5.74) is 1.05. The SMILES string of the molecule is CC[C@@H](C)c1csc(NC(=O)N2CCN(c3cnccn3)CC2)n1. The molecule has 1 aliphatic rings. The highest BCUT2D eigenvalue weighted by Gasteiger charge is 2.22. The lowest BCUT2D eigenvalue weighted by atomic mass is 10.1. The monoisotopic (exact) mass is 346 g/mol. The van der Waals surface area contributed by atoms with Crippen molar-refractivity contribution < 1.29 is 4.79 Å². The van der Waals surface area contributed by atoms with Crippen LogP contribution in [-0.4, -0.2) is 52.1 Å². The van der Waals surface area contributed by atoms with E-state index < -0.39 is 0 Å². The number of amides is 2. The van der Waals surface area contributed by atoms with Gasteiger partial charge in [0.05, 0.1) is 11.9 Å². The van der Waals surface area contributed by atoms with Crippen LogP contribution in [0.3, 0.4) is 0 Å². The standard InChI is InChI=1S/C16H22N6OS/c1-3-12(2)13-11-24-15(19-13)20-16(23)22-8-6-21(7-9-22)14-10-17-4-5-18-14/h4-5,10-12H,3,6-9H2,1-2H3,(H,19,20,23)/t12-/m1/s1. The fraction of sp³-hybridized carbons (Fsp3) is 0.500. The maximum Gasteiger partial charge on any atom is 0.323 e. The van der Waals surface area contributed by atoms with Crippen LogP contribution in [0, 0.1) is 0 Å². The van der Waals surface area contributed by atoms with Gasteiger partial charge in [-0.05, 0) is 12.3 Å². The Balaban J connectivity index is 1.53. The Morgan fingerprint density at radius 2 is 2.12 bits per heavy atom. The summed E-state index contributed by atoms with van der Waals surface area (Å²) in [5, 5.41) is 5.61. The highest BCUT2D eigenvalue weighted by atomic mass is 32.1. The Morgan fingerprint density at radius 1 is 1.33 bits per heavy atom. The molecule has 0 aromatic carbocycles. The third-order valence-electron chi connectivity index (χ3n) is 4.29. The van der Waals surface area contributed by atoms with Gasteiger partial charge in [0.25, 0.3) is 0 Å². The quantitative estimate of drug-likeness (QED) is 0.921. The number of thiazole rings is 1. The number of carbonyl (C=O) groups is 1. The number of anilines is 2. The predicted octanol–water partition coefficient (Wildman–Crippen LogP) is 2.80. The molecule has 0 bridgehead atoms. The lowest BCUT2D eigenvalue weighted by Gasteiger charge is -2.34. The summed E-state index contributed by atoms with van der Waals surface area (Å²) >= 11 is 1.48. The van der Waals surface area contributed by atoms with Gasteiger partial charge in [0.15, 0.2) is 5.13 Å². The molecule has 0 aliphatic carbocycles. The van der Waals surface area contributed by atoms with Crippen LogP contribution < -0.4 is 10.2 Å². The molecule has 0 unspecified atom stereocenters. The van der Waals surface area contributed by atoms with E-state index in [1.807, 2.05) is 10.3 Å². The van der Waals surface area contributed by atoms with E-state index in [4.69, 9.17) is 0 Å². The average molecular weight is 346 g/mol. The van der Waals surface area contributed by atoms with Crippen molar-refractivity contribution in [3.05, 3.63) is 29.7 Å². The molecule has 0 spiro atoms. The highest BCUT2D eigenvalue weighted by Crippen LogP contribution is 2.24. The Hall–Kier alpha value is -2.22. The van der Waals surface area contributed by atoms with Gasteiger partial charge in [-0.2, -0.15) is 0 Å². The van der Waals surface area contributed by atoms with E-state index in [1.54, 1.807) is 18.6 Å². The minimum atomic E-state index is -0.0844. The first kappa shape index (κ1) is 16.6. The summed E-state index contributed by atoms with van der Waals surface area (Å²) in [5.74, 6) is 1.28. The first-order chi connectivity index (χ1) is 11.7. The van der Waals surface area contributed by atoms with Gasteiger partial charge < -0.3 is 9.80 Å². The van der Waals surface area contributed by atoms with Gasteiger partial charge in [0, 0.05) is 44.0 Å². The molecule has 1 N–H and O–H groups in total. The van der Waals surface area contributed by atoms with Crippen molar-refractivity contribution in [3.63, 3.8) is 0 Å². The zero-order valence-electron chi connectivity index (χ0n) is 14.0. The molecule has 3 rings (SSSR count). The molecule has 3 heterocycles. The topological polar surface area (TPSA) is 74.2 Å². The largest absolute Gasteiger partial charge is 0.352 e. The van der Waals surface area contributed by atoms with Gasteiger partial charge >= 0.3 is 6.03 Å². The smallest absolute Gasteiger partial charge is 0.323 e. The van der Waals surface area contributed by atoms with Gasteiger partial charge in [-0.15, -0.1) is 11.3 Å². The van der Waals surface area contributed by atoms with E-state index in [0.29, 0.717) is 24.1 Å². The molecule has 1 fully saturated rings. The van der Waals surface area contributed by atoms with Gasteiger partial charge in [0.1, 0.15) is 5.82 Å². The lowest BCUT2D eigenvalue weighted by molar-refractivity contribution is 0.208. The normalized spacial score (nSPS) is 16.1. The van der Waals surface area contributed by atoms with Crippen molar-refractivity contribution in [1.29, 1.82) is 0 Å². The Labute approximate surface area is 145 Å². The minimum absolute atomic E-state index is 0.0844. The van der Waals surface area contributed by atoms with Crippen molar-refractivity contribution in [3.8, 4) is 0 Å². The minimum Gasteiger partial charge on any atom is -0.352 e. The van der Waals surface area contributed by atoms with Crippen LogP contribution in [0.25, 0.3) is 0 Å². The first-order valence-corrected chi connectivity index (χ1v) is 9.07. The molecule has 1 aliphatic heterocycles. The molecule has 0 saturated carbocycles. The average Bonchev–Trinajstić information content (AvgIpc) is 3.10. The van der Waals surface area contributed by atoms with Crippen LogP contribution in [0.4, 0.5) is 15.7 Å². The van der Waals surface area contributed by atoms with Crippen LogP contribution in [0.1, 0.15) is 31.9 Å². The highest BCUT2D eigenvalue weighted by molar-refractivity contribution is 7.13. The summed E-state index contributed by atoms with van der Waals surface area (Å²) < 4.78 is 0. The molecular weight excluding hydrogens is 324 g/mol. The van der Waals surface area contributed by atoms with E-state index >= 15 is 0 Å². The third-order valence-corrected chi connectivity index (χ3v) is 5.07.